The summed E-state index contributed by atoms with van der Waals surface area (Å²) in [5, 5.41) is 0.548. The van der Waals surface area contributed by atoms with Gasteiger partial charge in [0, 0.05) is 10.7 Å². The average Bonchev–Trinajstić information content (AvgIpc) is 2.78. The first-order valence-corrected chi connectivity index (χ1v) is 8.27. The summed E-state index contributed by atoms with van der Waals surface area (Å²) in [6.45, 7) is 5.55. The van der Waals surface area contributed by atoms with Crippen molar-refractivity contribution in [1.82, 2.24) is 4.90 Å². The second kappa shape index (κ2) is 6.29. The zero-order valence-electron chi connectivity index (χ0n) is 13.9. The van der Waals surface area contributed by atoms with Crippen LogP contribution in [0.25, 0.3) is 0 Å². The third kappa shape index (κ3) is 2.67. The number of urea groups is 1. The summed E-state index contributed by atoms with van der Waals surface area (Å²) < 4.78 is 0. The first-order chi connectivity index (χ1) is 11.4. The molecule has 5 heteroatoms. The highest BCUT2D eigenvalue weighted by atomic mass is 35.5. The molecule has 2 atom stereocenters. The van der Waals surface area contributed by atoms with Gasteiger partial charge in [0.05, 0.1) is 6.04 Å². The molecular weight excluding hydrogens is 324 g/mol. The van der Waals surface area contributed by atoms with E-state index >= 15 is 0 Å². The van der Waals surface area contributed by atoms with Gasteiger partial charge in [-0.15, -0.1) is 0 Å². The van der Waals surface area contributed by atoms with Gasteiger partial charge in [-0.2, -0.15) is 0 Å². The number of carbonyl (C=O) groups excluding carboxylic acids is 2. The zero-order valence-corrected chi connectivity index (χ0v) is 14.6. The van der Waals surface area contributed by atoms with Gasteiger partial charge in [-0.25, -0.2) is 4.79 Å². The Labute approximate surface area is 146 Å². The summed E-state index contributed by atoms with van der Waals surface area (Å²) in [6.07, 6.45) is 0. The maximum Gasteiger partial charge on any atom is 0.332 e. The summed E-state index contributed by atoms with van der Waals surface area (Å²) in [6, 6.07) is 13.6. The first-order valence-electron chi connectivity index (χ1n) is 7.89. The molecule has 0 radical (unpaired) electrons. The van der Waals surface area contributed by atoms with Gasteiger partial charge >= 0.3 is 6.03 Å². The molecule has 3 amide bonds. The van der Waals surface area contributed by atoms with Crippen LogP contribution in [0.15, 0.2) is 48.5 Å². The molecule has 0 aromatic heterocycles. The van der Waals surface area contributed by atoms with Crippen molar-refractivity contribution in [3.05, 3.63) is 64.7 Å². The van der Waals surface area contributed by atoms with Gasteiger partial charge in [-0.05, 0) is 44.5 Å². The lowest BCUT2D eigenvalue weighted by atomic mass is 10.1. The number of imide groups is 1. The van der Waals surface area contributed by atoms with Crippen LogP contribution in [0.2, 0.25) is 5.02 Å². The third-order valence-corrected chi connectivity index (χ3v) is 4.79. The fraction of sp³-hybridized carbons (Fsp3) is 0.263. The van der Waals surface area contributed by atoms with Crippen molar-refractivity contribution in [2.75, 3.05) is 4.90 Å². The van der Waals surface area contributed by atoms with Gasteiger partial charge < -0.3 is 0 Å². The summed E-state index contributed by atoms with van der Waals surface area (Å²) >= 11 is 6.24. The zero-order chi connectivity index (χ0) is 17.4. The van der Waals surface area contributed by atoms with E-state index in [-0.39, 0.29) is 11.9 Å². The van der Waals surface area contributed by atoms with Gasteiger partial charge in [0.15, 0.2) is 0 Å². The number of aryl methyl sites for hydroxylation is 1. The molecule has 2 aromatic rings. The molecule has 0 spiro atoms. The minimum atomic E-state index is -0.537. The second-order valence-corrected chi connectivity index (χ2v) is 6.48. The molecular formula is C19H19ClN2O2. The molecule has 1 heterocycles. The number of benzene rings is 2. The van der Waals surface area contributed by atoms with Crippen LogP contribution in [0.4, 0.5) is 10.5 Å². The minimum Gasteiger partial charge on any atom is -0.282 e. The Morgan fingerprint density at radius 1 is 1.04 bits per heavy atom. The molecule has 1 aliphatic heterocycles. The number of amides is 3. The largest absolute Gasteiger partial charge is 0.332 e. The van der Waals surface area contributed by atoms with Crippen LogP contribution in [0, 0.1) is 6.92 Å². The summed E-state index contributed by atoms with van der Waals surface area (Å²) in [5.41, 5.74) is 2.59. The molecule has 0 bridgehead atoms. The Morgan fingerprint density at radius 2 is 1.67 bits per heavy atom. The van der Waals surface area contributed by atoms with Gasteiger partial charge in [0.25, 0.3) is 5.91 Å². The van der Waals surface area contributed by atoms with Crippen LogP contribution >= 0.6 is 11.6 Å². The van der Waals surface area contributed by atoms with E-state index in [1.165, 1.54) is 9.80 Å². The number of hydrogen-bond acceptors (Lipinski definition) is 2. The van der Waals surface area contributed by atoms with Crippen molar-refractivity contribution in [1.29, 1.82) is 0 Å². The fourth-order valence-electron chi connectivity index (χ4n) is 3.04. The molecule has 1 fully saturated rings. The Kier molecular flexibility index (Phi) is 4.33. The van der Waals surface area contributed by atoms with Crippen LogP contribution in [0.1, 0.15) is 31.0 Å². The highest BCUT2D eigenvalue weighted by molar-refractivity contribution is 6.31. The quantitative estimate of drug-likeness (QED) is 0.767. The number of carbonyl (C=O) groups is 2. The number of rotatable bonds is 3. The van der Waals surface area contributed by atoms with Crippen LogP contribution in [0.3, 0.4) is 0 Å². The van der Waals surface area contributed by atoms with Crippen LogP contribution < -0.4 is 4.90 Å². The molecule has 0 unspecified atom stereocenters. The monoisotopic (exact) mass is 342 g/mol. The Hall–Kier alpha value is -2.33. The van der Waals surface area contributed by atoms with Crippen LogP contribution in [-0.2, 0) is 4.79 Å². The predicted molar refractivity (Wildman–Crippen MR) is 95.2 cm³/mol. The van der Waals surface area contributed by atoms with Crippen molar-refractivity contribution < 1.29 is 9.59 Å². The Bertz CT molecular complexity index is 788. The SMILES string of the molecule is Cc1ccc(N2C(=O)N([C@@H](C)c3ccccc3Cl)C(=O)[C@@H]2C)cc1. The molecule has 0 aliphatic carbocycles. The lowest BCUT2D eigenvalue weighted by Crippen LogP contribution is -2.35. The van der Waals surface area contributed by atoms with E-state index in [0.717, 1.165) is 16.8 Å². The smallest absolute Gasteiger partial charge is 0.282 e. The van der Waals surface area contributed by atoms with Crippen molar-refractivity contribution in [3.63, 3.8) is 0 Å². The average molecular weight is 343 g/mol. The van der Waals surface area contributed by atoms with Crippen molar-refractivity contribution in [2.45, 2.75) is 32.9 Å². The lowest BCUT2D eigenvalue weighted by molar-refractivity contribution is -0.128. The van der Waals surface area contributed by atoms with Gasteiger partial charge in [0.1, 0.15) is 6.04 Å². The fourth-order valence-corrected chi connectivity index (χ4v) is 3.33. The summed E-state index contributed by atoms with van der Waals surface area (Å²) in [7, 11) is 0. The van der Waals surface area contributed by atoms with E-state index in [0.29, 0.717) is 5.02 Å². The van der Waals surface area contributed by atoms with Gasteiger partial charge in [-0.1, -0.05) is 47.5 Å². The first kappa shape index (κ1) is 16.5. The molecule has 0 saturated carbocycles. The predicted octanol–water partition coefficient (Wildman–Crippen LogP) is 4.57. The number of hydrogen-bond donors (Lipinski definition) is 0. The Morgan fingerprint density at radius 3 is 2.29 bits per heavy atom. The van der Waals surface area contributed by atoms with E-state index in [9.17, 15) is 9.59 Å². The van der Waals surface area contributed by atoms with Crippen molar-refractivity contribution in [2.24, 2.45) is 0 Å². The van der Waals surface area contributed by atoms with E-state index in [1.807, 2.05) is 56.3 Å². The number of anilines is 1. The molecule has 24 heavy (non-hydrogen) atoms. The van der Waals surface area contributed by atoms with E-state index in [2.05, 4.69) is 0 Å². The highest BCUT2D eigenvalue weighted by Gasteiger charge is 2.45. The normalized spacial score (nSPS) is 19.1. The number of halogens is 1. The molecule has 1 aliphatic rings. The molecule has 2 aromatic carbocycles. The lowest BCUT2D eigenvalue weighted by Gasteiger charge is -2.24. The van der Waals surface area contributed by atoms with Crippen LogP contribution in [0.5, 0.6) is 0 Å². The maximum absolute atomic E-state index is 12.9. The van der Waals surface area contributed by atoms with E-state index in [4.69, 9.17) is 11.6 Å². The minimum absolute atomic E-state index is 0.215. The van der Waals surface area contributed by atoms with Gasteiger partial charge in [0.2, 0.25) is 0 Å². The summed E-state index contributed by atoms with van der Waals surface area (Å²) in [4.78, 5) is 28.5. The molecule has 4 nitrogen and oxygen atoms in total. The third-order valence-electron chi connectivity index (χ3n) is 4.45. The molecule has 0 N–H and O–H groups in total. The van der Waals surface area contributed by atoms with Crippen molar-refractivity contribution in [3.8, 4) is 0 Å². The topological polar surface area (TPSA) is 40.6 Å². The molecule has 124 valence electrons. The summed E-state index contributed by atoms with van der Waals surface area (Å²) in [5.74, 6) is -0.215. The van der Waals surface area contributed by atoms with E-state index in [1.54, 1.807) is 13.0 Å². The maximum atomic E-state index is 12.9. The Balaban J connectivity index is 1.96. The van der Waals surface area contributed by atoms with E-state index < -0.39 is 12.1 Å². The molecule has 1 saturated heterocycles. The van der Waals surface area contributed by atoms with Gasteiger partial charge in [-0.3, -0.25) is 14.6 Å². The van der Waals surface area contributed by atoms with Crippen molar-refractivity contribution >= 4 is 29.2 Å². The molecule has 3 rings (SSSR count). The highest BCUT2D eigenvalue weighted by Crippen LogP contribution is 2.34. The number of nitrogens with zero attached hydrogens (tertiary/aromatic N) is 2. The second-order valence-electron chi connectivity index (χ2n) is 6.07. The standard InChI is InChI=1S/C19H19ClN2O2/c1-12-8-10-15(11-9-12)21-14(3)18(23)22(19(21)24)13(2)16-6-4-5-7-17(16)20/h4-11,13-14H,1-3H3/t13-,14-/m0/s1. The van der Waals surface area contributed by atoms with Crippen LogP contribution in [-0.4, -0.2) is 22.9 Å².